The Morgan fingerprint density at radius 3 is 2.56 bits per heavy atom. The Hall–Kier alpha value is -3.31. The van der Waals surface area contributed by atoms with Gasteiger partial charge in [0.15, 0.2) is 0 Å². The van der Waals surface area contributed by atoms with Gasteiger partial charge in [0.25, 0.3) is 5.69 Å². The number of aromatic carboxylic acids is 1. The van der Waals surface area contributed by atoms with Crippen molar-refractivity contribution in [2.24, 2.45) is 0 Å². The molecule has 1 heterocycles. The van der Waals surface area contributed by atoms with Gasteiger partial charge in [-0.1, -0.05) is 18.2 Å². The maximum absolute atomic E-state index is 11.2. The first-order chi connectivity index (χ1) is 11.6. The molecule has 3 rings (SSSR count). The van der Waals surface area contributed by atoms with E-state index in [-0.39, 0.29) is 22.3 Å². The number of carboxylic acids is 1. The Morgan fingerprint density at radius 2 is 1.92 bits per heavy atom. The Morgan fingerprint density at radius 1 is 1.20 bits per heavy atom. The van der Waals surface area contributed by atoms with Crippen LogP contribution in [0.2, 0.25) is 0 Å². The van der Waals surface area contributed by atoms with Gasteiger partial charge in [-0.25, -0.2) is 4.79 Å². The van der Waals surface area contributed by atoms with Gasteiger partial charge in [0, 0.05) is 6.07 Å². The van der Waals surface area contributed by atoms with E-state index in [0.717, 1.165) is 17.8 Å². The Kier molecular flexibility index (Phi) is 5.41. The third-order valence-electron chi connectivity index (χ3n) is 3.05. The molecule has 0 bridgehead atoms. The zero-order valence-electron chi connectivity index (χ0n) is 12.6. The molecule has 0 aliphatic carbocycles. The quantitative estimate of drug-likeness (QED) is 0.515. The van der Waals surface area contributed by atoms with Crippen LogP contribution < -0.4 is 6.15 Å². The van der Waals surface area contributed by atoms with Crippen molar-refractivity contribution in [1.29, 1.82) is 0 Å². The first-order valence-corrected chi connectivity index (χ1v) is 7.41. The summed E-state index contributed by atoms with van der Waals surface area (Å²) in [5.74, 6) is -1.23. The summed E-state index contributed by atoms with van der Waals surface area (Å²) in [6.45, 7) is 0. The van der Waals surface area contributed by atoms with E-state index in [9.17, 15) is 14.9 Å². The summed E-state index contributed by atoms with van der Waals surface area (Å²) in [5.41, 5.74) is 0.228. The molecule has 0 spiro atoms. The maximum Gasteiger partial charge on any atom is 0.335 e. The van der Waals surface area contributed by atoms with Crippen LogP contribution in [0.1, 0.15) is 10.4 Å². The largest absolute Gasteiger partial charge is 0.478 e. The molecule has 10 nitrogen and oxygen atoms in total. The summed E-state index contributed by atoms with van der Waals surface area (Å²) < 4.78 is 1.44. The van der Waals surface area contributed by atoms with Crippen LogP contribution in [-0.4, -0.2) is 36.2 Å². The van der Waals surface area contributed by atoms with Crippen molar-refractivity contribution in [2.75, 3.05) is 0 Å². The van der Waals surface area contributed by atoms with Crippen molar-refractivity contribution in [3.63, 3.8) is 0 Å². The molecule has 3 aromatic rings. The summed E-state index contributed by atoms with van der Waals surface area (Å²) in [5, 5.41) is 31.9. The van der Waals surface area contributed by atoms with Gasteiger partial charge in [0.05, 0.1) is 21.1 Å². The molecule has 0 aliphatic heterocycles. The monoisotopic (exact) mass is 360 g/mol. The van der Waals surface area contributed by atoms with Crippen molar-refractivity contribution >= 4 is 23.4 Å². The number of aromatic nitrogens is 4. The van der Waals surface area contributed by atoms with Crippen LogP contribution in [-0.2, 0) is 0 Å². The van der Waals surface area contributed by atoms with Crippen molar-refractivity contribution in [1.82, 2.24) is 26.4 Å². The molecule has 1 aromatic heterocycles. The summed E-state index contributed by atoms with van der Waals surface area (Å²) in [7, 11) is 0. The van der Waals surface area contributed by atoms with E-state index in [2.05, 4.69) is 15.5 Å². The van der Waals surface area contributed by atoms with E-state index >= 15 is 0 Å². The maximum atomic E-state index is 11.2. The third kappa shape index (κ3) is 3.79. The molecule has 128 valence electrons. The molecule has 0 amide bonds. The van der Waals surface area contributed by atoms with E-state index in [1.165, 1.54) is 16.8 Å². The van der Waals surface area contributed by atoms with Crippen LogP contribution in [0, 0.1) is 10.1 Å². The highest BCUT2D eigenvalue weighted by atomic mass is 32.2. The van der Waals surface area contributed by atoms with E-state index < -0.39 is 10.9 Å². The van der Waals surface area contributed by atoms with Crippen molar-refractivity contribution in [3.05, 3.63) is 64.2 Å². The molecular weight excluding hydrogens is 348 g/mol. The number of nitrogens with zero attached hydrogens (tertiary/aromatic N) is 5. The van der Waals surface area contributed by atoms with E-state index in [1.807, 2.05) is 18.2 Å². The molecule has 0 unspecified atom stereocenters. The zero-order chi connectivity index (χ0) is 17.1. The number of rotatable bonds is 5. The standard InChI is InChI=1S/C14H9N5O4S.H3N/c20-13(21)9-6-7-12(11(8-9)19(22)23)24-14-15-16-17-18(14)10-4-2-1-3-5-10;/h1-8H,(H,20,21);1H3. The van der Waals surface area contributed by atoms with E-state index in [0.29, 0.717) is 10.8 Å². The number of carboxylic acid groups (broad SMARTS) is 1. The molecule has 0 atom stereocenters. The van der Waals surface area contributed by atoms with Gasteiger partial charge in [-0.2, -0.15) is 4.68 Å². The number of benzene rings is 2. The second-order valence-electron chi connectivity index (χ2n) is 4.56. The minimum Gasteiger partial charge on any atom is -0.478 e. The predicted molar refractivity (Wildman–Crippen MR) is 88.4 cm³/mol. The van der Waals surface area contributed by atoms with Gasteiger partial charge >= 0.3 is 5.97 Å². The van der Waals surface area contributed by atoms with E-state index in [1.54, 1.807) is 12.1 Å². The average molecular weight is 360 g/mol. The summed E-state index contributed by atoms with van der Waals surface area (Å²) in [6.07, 6.45) is 0. The molecule has 0 aliphatic rings. The van der Waals surface area contributed by atoms with Gasteiger partial charge in [-0.15, -0.1) is 5.10 Å². The Bertz CT molecular complexity index is 915. The van der Waals surface area contributed by atoms with Crippen LogP contribution in [0.15, 0.2) is 58.6 Å². The Balaban J connectivity index is 0.00000225. The predicted octanol–water partition coefficient (Wildman–Crippen LogP) is 2.58. The average Bonchev–Trinajstić information content (AvgIpc) is 3.03. The normalized spacial score (nSPS) is 10.1. The van der Waals surface area contributed by atoms with Crippen LogP contribution in [0.4, 0.5) is 5.69 Å². The fraction of sp³-hybridized carbons (Fsp3) is 0. The topological polar surface area (TPSA) is 159 Å². The summed E-state index contributed by atoms with van der Waals surface area (Å²) >= 11 is 0.983. The minimum atomic E-state index is -1.23. The summed E-state index contributed by atoms with van der Waals surface area (Å²) in [4.78, 5) is 21.8. The number of tetrazole rings is 1. The molecule has 25 heavy (non-hydrogen) atoms. The smallest absolute Gasteiger partial charge is 0.335 e. The van der Waals surface area contributed by atoms with Crippen molar-refractivity contribution in [2.45, 2.75) is 10.1 Å². The lowest BCUT2D eigenvalue weighted by Crippen LogP contribution is -2.01. The minimum absolute atomic E-state index is 0. The first kappa shape index (κ1) is 18.0. The molecular formula is C14H12N6O4S. The molecule has 2 aromatic carbocycles. The summed E-state index contributed by atoms with van der Waals surface area (Å²) in [6, 6.07) is 12.7. The molecule has 0 radical (unpaired) electrons. The van der Waals surface area contributed by atoms with Crippen molar-refractivity contribution in [3.8, 4) is 5.69 Å². The number of para-hydroxylation sites is 1. The molecule has 0 saturated heterocycles. The van der Waals surface area contributed by atoms with E-state index in [4.69, 9.17) is 5.11 Å². The molecule has 4 N–H and O–H groups in total. The van der Waals surface area contributed by atoms with Gasteiger partial charge < -0.3 is 11.3 Å². The van der Waals surface area contributed by atoms with Crippen LogP contribution in [0.25, 0.3) is 5.69 Å². The van der Waals surface area contributed by atoms with Crippen LogP contribution in [0.5, 0.6) is 0 Å². The second kappa shape index (κ2) is 7.51. The highest BCUT2D eigenvalue weighted by molar-refractivity contribution is 7.99. The first-order valence-electron chi connectivity index (χ1n) is 6.59. The van der Waals surface area contributed by atoms with Crippen LogP contribution in [0.3, 0.4) is 0 Å². The number of carbonyl (C=O) groups is 1. The highest BCUT2D eigenvalue weighted by Gasteiger charge is 2.20. The Labute approximate surface area is 145 Å². The number of hydrogen-bond acceptors (Lipinski definition) is 8. The lowest BCUT2D eigenvalue weighted by Gasteiger charge is -2.05. The third-order valence-corrected chi connectivity index (χ3v) is 4.05. The lowest BCUT2D eigenvalue weighted by atomic mass is 10.2. The second-order valence-corrected chi connectivity index (χ2v) is 5.56. The highest BCUT2D eigenvalue weighted by Crippen LogP contribution is 2.34. The SMILES string of the molecule is N.O=C(O)c1ccc(Sc2nnnn2-c2ccccc2)c([N+](=O)[O-])c1. The number of nitro benzene ring substituents is 1. The van der Waals surface area contributed by atoms with Gasteiger partial charge in [-0.05, 0) is 46.5 Å². The van der Waals surface area contributed by atoms with Gasteiger partial charge in [0.1, 0.15) is 0 Å². The van der Waals surface area contributed by atoms with Crippen LogP contribution >= 0.6 is 11.8 Å². The molecule has 11 heteroatoms. The van der Waals surface area contributed by atoms with Crippen molar-refractivity contribution < 1.29 is 14.8 Å². The van der Waals surface area contributed by atoms with Gasteiger partial charge in [0.2, 0.25) is 5.16 Å². The zero-order valence-corrected chi connectivity index (χ0v) is 13.5. The molecule has 0 saturated carbocycles. The van der Waals surface area contributed by atoms with Gasteiger partial charge in [-0.3, -0.25) is 10.1 Å². The fourth-order valence-corrected chi connectivity index (χ4v) is 2.83. The number of nitro groups is 1. The number of hydrogen-bond donors (Lipinski definition) is 2. The lowest BCUT2D eigenvalue weighted by molar-refractivity contribution is -0.387. The fourth-order valence-electron chi connectivity index (χ4n) is 1.95. The molecule has 0 fully saturated rings.